The second kappa shape index (κ2) is 8.78. The van der Waals surface area contributed by atoms with Crippen LogP contribution in [0.15, 0.2) is 53.3 Å². The molecule has 3 aromatic rings. The van der Waals surface area contributed by atoms with E-state index in [2.05, 4.69) is 14.8 Å². The van der Waals surface area contributed by atoms with Crippen LogP contribution in [0.1, 0.15) is 12.8 Å². The van der Waals surface area contributed by atoms with E-state index in [0.29, 0.717) is 38.1 Å². The number of amides is 1. The lowest BCUT2D eigenvalue weighted by atomic mass is 10.0. The van der Waals surface area contributed by atoms with Gasteiger partial charge in [0.2, 0.25) is 0 Å². The van der Waals surface area contributed by atoms with Gasteiger partial charge in [0.25, 0.3) is 5.56 Å². The zero-order chi connectivity index (χ0) is 22.9. The number of β-amino-alcohol motifs (C(OH)–C–C–N with tert-alkyl or cyclic N) is 1. The number of piperidine rings is 1. The van der Waals surface area contributed by atoms with Gasteiger partial charge in [-0.15, -0.1) is 0 Å². The van der Waals surface area contributed by atoms with Crippen molar-refractivity contribution < 1.29 is 15.0 Å². The number of H-pyrrole nitrogens is 1. The number of carbonyl (C=O) groups is 1. The molecule has 0 aliphatic carbocycles. The van der Waals surface area contributed by atoms with E-state index in [1.54, 1.807) is 0 Å². The summed E-state index contributed by atoms with van der Waals surface area (Å²) in [5.74, 6) is 0. The third-order valence-electron chi connectivity index (χ3n) is 6.68. The quantitative estimate of drug-likeness (QED) is 0.570. The van der Waals surface area contributed by atoms with E-state index >= 15 is 0 Å². The van der Waals surface area contributed by atoms with E-state index in [0.717, 1.165) is 47.4 Å². The van der Waals surface area contributed by atoms with Crippen molar-refractivity contribution in [2.75, 3.05) is 49.1 Å². The third kappa shape index (κ3) is 4.26. The monoisotopic (exact) mass is 448 g/mol. The van der Waals surface area contributed by atoms with Crippen LogP contribution in [-0.2, 0) is 0 Å². The number of hydrogen-bond acceptors (Lipinski definition) is 5. The summed E-state index contributed by atoms with van der Waals surface area (Å²) in [6, 6.07) is 15.8. The summed E-state index contributed by atoms with van der Waals surface area (Å²) in [6.45, 7) is 3.57. The molecule has 1 unspecified atom stereocenters. The summed E-state index contributed by atoms with van der Waals surface area (Å²) in [4.78, 5) is 33.1. The van der Waals surface area contributed by atoms with Crippen molar-refractivity contribution in [1.29, 1.82) is 0 Å². The Kier molecular flexibility index (Phi) is 5.68. The maximum Gasteiger partial charge on any atom is 0.407 e. The highest BCUT2D eigenvalue weighted by Gasteiger charge is 2.23. The van der Waals surface area contributed by atoms with Crippen molar-refractivity contribution in [3.05, 3.63) is 58.9 Å². The predicted octanol–water partition coefficient (Wildman–Crippen LogP) is 2.96. The number of nitrogens with zero attached hydrogens (tertiary/aromatic N) is 3. The maximum atomic E-state index is 13.1. The largest absolute Gasteiger partial charge is 0.465 e. The Morgan fingerprint density at radius 2 is 1.76 bits per heavy atom. The van der Waals surface area contributed by atoms with Crippen LogP contribution < -0.4 is 15.4 Å². The number of hydrogen-bond donors (Lipinski definition) is 3. The van der Waals surface area contributed by atoms with Gasteiger partial charge in [0.05, 0.1) is 11.8 Å². The molecule has 1 aromatic heterocycles. The van der Waals surface area contributed by atoms with Gasteiger partial charge in [-0.2, -0.15) is 0 Å². The summed E-state index contributed by atoms with van der Waals surface area (Å²) in [5.41, 5.74) is 3.45. The molecular weight excluding hydrogens is 420 g/mol. The second-order valence-corrected chi connectivity index (χ2v) is 8.80. The Labute approximate surface area is 191 Å². The number of aromatic nitrogens is 1. The zero-order valence-corrected chi connectivity index (χ0v) is 18.4. The van der Waals surface area contributed by atoms with Gasteiger partial charge < -0.3 is 29.9 Å². The molecule has 2 aliphatic heterocycles. The number of pyridine rings is 1. The van der Waals surface area contributed by atoms with Crippen LogP contribution in [0, 0.1) is 0 Å². The SMILES string of the molecule is O=C(O)N1CCN(c2ccccc2-c2cc3ccc(N4CCCC(O)C4)cc3c(=O)[nH]2)CC1. The normalized spacial score (nSPS) is 19.2. The lowest BCUT2D eigenvalue weighted by Gasteiger charge is -2.35. The van der Waals surface area contributed by atoms with Gasteiger partial charge in [0.15, 0.2) is 0 Å². The zero-order valence-electron chi connectivity index (χ0n) is 18.4. The summed E-state index contributed by atoms with van der Waals surface area (Å²) in [6.07, 6.45) is 0.536. The number of anilines is 2. The fourth-order valence-corrected chi connectivity index (χ4v) is 4.89. The van der Waals surface area contributed by atoms with E-state index in [4.69, 9.17) is 0 Å². The molecule has 33 heavy (non-hydrogen) atoms. The van der Waals surface area contributed by atoms with E-state index in [1.165, 1.54) is 4.90 Å². The van der Waals surface area contributed by atoms with Crippen LogP contribution in [0.2, 0.25) is 0 Å². The smallest absolute Gasteiger partial charge is 0.407 e. The number of aromatic amines is 1. The summed E-state index contributed by atoms with van der Waals surface area (Å²) in [7, 11) is 0. The number of piperazine rings is 1. The Balaban J connectivity index is 1.47. The topological polar surface area (TPSA) is 100 Å². The highest BCUT2D eigenvalue weighted by Crippen LogP contribution is 2.32. The van der Waals surface area contributed by atoms with E-state index in [-0.39, 0.29) is 11.7 Å². The van der Waals surface area contributed by atoms with E-state index < -0.39 is 6.09 Å². The molecule has 3 heterocycles. The molecule has 172 valence electrons. The molecule has 0 spiro atoms. The number of benzene rings is 2. The Morgan fingerprint density at radius 3 is 2.52 bits per heavy atom. The Morgan fingerprint density at radius 1 is 0.970 bits per heavy atom. The molecule has 0 bridgehead atoms. The molecule has 2 aromatic carbocycles. The fraction of sp³-hybridized carbons (Fsp3) is 0.360. The van der Waals surface area contributed by atoms with Crippen molar-refractivity contribution in [3.8, 4) is 11.3 Å². The molecule has 2 saturated heterocycles. The fourth-order valence-electron chi connectivity index (χ4n) is 4.89. The van der Waals surface area contributed by atoms with Crippen LogP contribution >= 0.6 is 0 Å². The van der Waals surface area contributed by atoms with Crippen molar-refractivity contribution in [2.24, 2.45) is 0 Å². The first-order chi connectivity index (χ1) is 16.0. The lowest BCUT2D eigenvalue weighted by Crippen LogP contribution is -2.48. The summed E-state index contributed by atoms with van der Waals surface area (Å²) >= 11 is 0. The van der Waals surface area contributed by atoms with Gasteiger partial charge in [-0.05, 0) is 42.5 Å². The van der Waals surface area contributed by atoms with Crippen molar-refractivity contribution in [2.45, 2.75) is 18.9 Å². The summed E-state index contributed by atoms with van der Waals surface area (Å²) < 4.78 is 0. The van der Waals surface area contributed by atoms with Crippen molar-refractivity contribution in [1.82, 2.24) is 9.88 Å². The number of aliphatic hydroxyl groups is 1. The molecule has 5 rings (SSSR count). The first-order valence-electron chi connectivity index (χ1n) is 11.4. The van der Waals surface area contributed by atoms with E-state index in [9.17, 15) is 19.8 Å². The minimum Gasteiger partial charge on any atom is -0.465 e. The highest BCUT2D eigenvalue weighted by molar-refractivity contribution is 5.89. The number of fused-ring (bicyclic) bond motifs is 1. The molecule has 0 radical (unpaired) electrons. The number of rotatable bonds is 3. The van der Waals surface area contributed by atoms with Crippen LogP contribution in [0.5, 0.6) is 0 Å². The van der Waals surface area contributed by atoms with Gasteiger partial charge >= 0.3 is 6.09 Å². The van der Waals surface area contributed by atoms with Crippen LogP contribution in [0.4, 0.5) is 16.2 Å². The second-order valence-electron chi connectivity index (χ2n) is 8.80. The van der Waals surface area contributed by atoms with E-state index in [1.807, 2.05) is 48.5 Å². The van der Waals surface area contributed by atoms with Crippen molar-refractivity contribution >= 4 is 28.2 Å². The van der Waals surface area contributed by atoms with Gasteiger partial charge in [0, 0.05) is 61.6 Å². The molecule has 8 nitrogen and oxygen atoms in total. The number of aliphatic hydroxyl groups excluding tert-OH is 1. The molecule has 1 amide bonds. The minimum absolute atomic E-state index is 0.146. The molecule has 8 heteroatoms. The third-order valence-corrected chi connectivity index (χ3v) is 6.68. The van der Waals surface area contributed by atoms with Crippen molar-refractivity contribution in [3.63, 3.8) is 0 Å². The first kappa shape index (κ1) is 21.3. The Bertz CT molecular complexity index is 1230. The Hall–Kier alpha value is -3.52. The van der Waals surface area contributed by atoms with Crippen LogP contribution in [0.25, 0.3) is 22.0 Å². The molecule has 0 saturated carbocycles. The van der Waals surface area contributed by atoms with Crippen LogP contribution in [-0.4, -0.2) is 71.6 Å². The van der Waals surface area contributed by atoms with Gasteiger partial charge in [-0.1, -0.05) is 24.3 Å². The predicted molar refractivity (Wildman–Crippen MR) is 129 cm³/mol. The summed E-state index contributed by atoms with van der Waals surface area (Å²) in [5, 5.41) is 20.7. The molecule has 3 N–H and O–H groups in total. The average molecular weight is 449 g/mol. The number of para-hydroxylation sites is 1. The highest BCUT2D eigenvalue weighted by atomic mass is 16.4. The molecule has 1 atom stereocenters. The molecule has 2 aliphatic rings. The van der Waals surface area contributed by atoms with Crippen LogP contribution in [0.3, 0.4) is 0 Å². The number of nitrogens with one attached hydrogen (secondary N) is 1. The first-order valence-corrected chi connectivity index (χ1v) is 11.4. The lowest BCUT2D eigenvalue weighted by molar-refractivity contribution is 0.142. The molecular formula is C25H28N4O4. The van der Waals surface area contributed by atoms with Gasteiger partial charge in [-0.25, -0.2) is 4.79 Å². The average Bonchev–Trinajstić information content (AvgIpc) is 2.84. The number of carboxylic acid groups (broad SMARTS) is 1. The van der Waals surface area contributed by atoms with Gasteiger partial charge in [-0.3, -0.25) is 4.79 Å². The molecule has 2 fully saturated rings. The standard InChI is InChI=1S/C25H28N4O4/c30-19-4-3-9-29(16-19)18-8-7-17-14-22(26-24(31)21(17)15-18)20-5-1-2-6-23(20)27-10-12-28(13-11-27)25(32)33/h1-2,5-8,14-15,19,30H,3-4,9-13,16H2,(H,26,31)(H,32,33). The minimum atomic E-state index is -0.889. The van der Waals surface area contributed by atoms with Gasteiger partial charge in [0.1, 0.15) is 0 Å². The maximum absolute atomic E-state index is 13.1.